The van der Waals surface area contributed by atoms with Gasteiger partial charge in [-0.3, -0.25) is 4.79 Å². The monoisotopic (exact) mass is 263 g/mol. The van der Waals surface area contributed by atoms with Crippen molar-refractivity contribution in [3.8, 4) is 0 Å². The minimum Gasteiger partial charge on any atom is -0.370 e. The Kier molecular flexibility index (Phi) is 6.33. The lowest BCUT2D eigenvalue weighted by Gasteiger charge is -2.14. The van der Waals surface area contributed by atoms with Crippen molar-refractivity contribution in [1.29, 1.82) is 0 Å². The molecule has 0 saturated heterocycles. The Bertz CT molecular complexity index is 418. The molecule has 4 heteroatoms. The van der Waals surface area contributed by atoms with Gasteiger partial charge in [0.15, 0.2) is 0 Å². The largest absolute Gasteiger partial charge is 0.370 e. The van der Waals surface area contributed by atoms with E-state index in [1.165, 1.54) is 0 Å². The van der Waals surface area contributed by atoms with Gasteiger partial charge >= 0.3 is 0 Å². The highest BCUT2D eigenvalue weighted by Gasteiger charge is 2.11. The maximum absolute atomic E-state index is 12.2. The Morgan fingerprint density at radius 1 is 1.32 bits per heavy atom. The minimum absolute atomic E-state index is 0.0165. The first-order chi connectivity index (χ1) is 9.10. The fourth-order valence-electron chi connectivity index (χ4n) is 1.98. The number of nitrogens with zero attached hydrogens (tertiary/aromatic N) is 1. The van der Waals surface area contributed by atoms with Gasteiger partial charge in [-0.2, -0.15) is 0 Å². The Hall–Kier alpha value is -1.58. The summed E-state index contributed by atoms with van der Waals surface area (Å²) in [7, 11) is 0. The highest BCUT2D eigenvalue weighted by Crippen LogP contribution is 2.12. The molecule has 0 aliphatic rings. The van der Waals surface area contributed by atoms with Gasteiger partial charge in [0.05, 0.1) is 0 Å². The van der Waals surface area contributed by atoms with Gasteiger partial charge in [0.2, 0.25) is 0 Å². The van der Waals surface area contributed by atoms with Crippen molar-refractivity contribution in [2.24, 2.45) is 0 Å². The molecule has 19 heavy (non-hydrogen) atoms. The van der Waals surface area contributed by atoms with Crippen molar-refractivity contribution < 1.29 is 4.79 Å². The lowest BCUT2D eigenvalue weighted by Crippen LogP contribution is -2.32. The standard InChI is InChI=1S/C15H25N3O/c1-5-8-11(4)17-15(19)12-9-13(6-2)18-14(10-12)16-7-3/h9-11H,5-8H2,1-4H3,(H,16,18)(H,17,19). The summed E-state index contributed by atoms with van der Waals surface area (Å²) < 4.78 is 0. The Morgan fingerprint density at radius 3 is 2.63 bits per heavy atom. The molecule has 2 N–H and O–H groups in total. The van der Waals surface area contributed by atoms with E-state index in [4.69, 9.17) is 0 Å². The molecule has 4 nitrogen and oxygen atoms in total. The number of aromatic nitrogens is 1. The van der Waals surface area contributed by atoms with Crippen LogP contribution in [0.5, 0.6) is 0 Å². The second-order valence-corrected chi connectivity index (χ2v) is 4.78. The fraction of sp³-hybridized carbons (Fsp3) is 0.600. The van der Waals surface area contributed by atoms with Crippen molar-refractivity contribution in [1.82, 2.24) is 10.3 Å². The number of rotatable bonds is 7. The fourth-order valence-corrected chi connectivity index (χ4v) is 1.98. The number of anilines is 1. The van der Waals surface area contributed by atoms with Crippen molar-refractivity contribution >= 4 is 11.7 Å². The van der Waals surface area contributed by atoms with Crippen LogP contribution >= 0.6 is 0 Å². The molecule has 1 unspecified atom stereocenters. The van der Waals surface area contributed by atoms with Crippen LogP contribution in [0, 0.1) is 0 Å². The average Bonchev–Trinajstić information content (AvgIpc) is 2.38. The number of aryl methyl sites for hydroxylation is 1. The van der Waals surface area contributed by atoms with Crippen LogP contribution in [0.15, 0.2) is 12.1 Å². The van der Waals surface area contributed by atoms with E-state index in [1.54, 1.807) is 0 Å². The van der Waals surface area contributed by atoms with E-state index in [0.717, 1.165) is 37.3 Å². The van der Waals surface area contributed by atoms with Gasteiger partial charge in [-0.05, 0) is 38.8 Å². The predicted molar refractivity (Wildman–Crippen MR) is 79.6 cm³/mol. The molecule has 0 spiro atoms. The normalized spacial score (nSPS) is 12.0. The summed E-state index contributed by atoms with van der Waals surface area (Å²) in [5, 5.41) is 6.19. The topological polar surface area (TPSA) is 54.0 Å². The maximum atomic E-state index is 12.2. The van der Waals surface area contributed by atoms with Gasteiger partial charge in [-0.15, -0.1) is 0 Å². The SMILES string of the molecule is CCCC(C)NC(=O)c1cc(CC)nc(NCC)c1. The Morgan fingerprint density at radius 2 is 2.05 bits per heavy atom. The predicted octanol–water partition coefficient (Wildman–Crippen LogP) is 2.99. The summed E-state index contributed by atoms with van der Waals surface area (Å²) in [5.41, 5.74) is 1.62. The Balaban J connectivity index is 2.85. The van der Waals surface area contributed by atoms with E-state index in [1.807, 2.05) is 32.9 Å². The lowest BCUT2D eigenvalue weighted by atomic mass is 10.1. The summed E-state index contributed by atoms with van der Waals surface area (Å²) in [5.74, 6) is 0.757. The zero-order chi connectivity index (χ0) is 14.3. The number of pyridine rings is 1. The molecule has 1 atom stereocenters. The smallest absolute Gasteiger partial charge is 0.251 e. The molecule has 1 rings (SSSR count). The van der Waals surface area contributed by atoms with Gasteiger partial charge in [-0.1, -0.05) is 20.3 Å². The number of amides is 1. The van der Waals surface area contributed by atoms with Crippen LogP contribution in [0.4, 0.5) is 5.82 Å². The van der Waals surface area contributed by atoms with Crippen LogP contribution in [-0.4, -0.2) is 23.5 Å². The van der Waals surface area contributed by atoms with Crippen LogP contribution in [0.1, 0.15) is 56.6 Å². The van der Waals surface area contributed by atoms with Crippen LogP contribution in [0.25, 0.3) is 0 Å². The number of nitrogens with one attached hydrogen (secondary N) is 2. The highest BCUT2D eigenvalue weighted by molar-refractivity contribution is 5.95. The average molecular weight is 263 g/mol. The molecule has 1 amide bonds. The van der Waals surface area contributed by atoms with Crippen molar-refractivity contribution in [2.75, 3.05) is 11.9 Å². The third kappa shape index (κ3) is 4.89. The third-order valence-corrected chi connectivity index (χ3v) is 2.96. The maximum Gasteiger partial charge on any atom is 0.251 e. The first-order valence-corrected chi connectivity index (χ1v) is 7.16. The summed E-state index contributed by atoms with van der Waals surface area (Å²) in [6, 6.07) is 3.89. The summed E-state index contributed by atoms with van der Waals surface area (Å²) in [4.78, 5) is 16.6. The van der Waals surface area contributed by atoms with Gasteiger partial charge < -0.3 is 10.6 Å². The highest BCUT2D eigenvalue weighted by atomic mass is 16.1. The van der Waals surface area contributed by atoms with Gasteiger partial charge in [0.1, 0.15) is 5.82 Å². The van der Waals surface area contributed by atoms with Gasteiger partial charge in [-0.25, -0.2) is 4.98 Å². The molecule has 0 radical (unpaired) electrons. The van der Waals surface area contributed by atoms with Crippen LogP contribution in [0.3, 0.4) is 0 Å². The molecule has 1 aromatic rings. The molecule has 0 fully saturated rings. The van der Waals surface area contributed by atoms with Crippen LogP contribution in [-0.2, 0) is 6.42 Å². The van der Waals surface area contributed by atoms with Crippen molar-refractivity contribution in [3.63, 3.8) is 0 Å². The molecule has 0 saturated carbocycles. The van der Waals surface area contributed by atoms with Gasteiger partial charge in [0, 0.05) is 23.8 Å². The van der Waals surface area contributed by atoms with E-state index >= 15 is 0 Å². The Labute approximate surface area is 116 Å². The third-order valence-electron chi connectivity index (χ3n) is 2.96. The van der Waals surface area contributed by atoms with Crippen molar-refractivity contribution in [3.05, 3.63) is 23.4 Å². The second kappa shape index (κ2) is 7.77. The van der Waals surface area contributed by atoms with E-state index in [-0.39, 0.29) is 11.9 Å². The van der Waals surface area contributed by atoms with E-state index in [2.05, 4.69) is 22.5 Å². The first-order valence-electron chi connectivity index (χ1n) is 7.16. The number of carbonyl (C=O) groups excluding carboxylic acids is 1. The number of hydrogen-bond donors (Lipinski definition) is 2. The number of carbonyl (C=O) groups is 1. The van der Waals surface area contributed by atoms with Gasteiger partial charge in [0.25, 0.3) is 5.91 Å². The molecule has 1 heterocycles. The van der Waals surface area contributed by atoms with Crippen molar-refractivity contribution in [2.45, 2.75) is 53.0 Å². The minimum atomic E-state index is -0.0165. The lowest BCUT2D eigenvalue weighted by molar-refractivity contribution is 0.0938. The quantitative estimate of drug-likeness (QED) is 0.795. The molecule has 0 aliphatic heterocycles. The molecule has 1 aromatic heterocycles. The second-order valence-electron chi connectivity index (χ2n) is 4.78. The number of hydrogen-bond acceptors (Lipinski definition) is 3. The van der Waals surface area contributed by atoms with Crippen LogP contribution < -0.4 is 10.6 Å². The molecule has 0 aromatic carbocycles. The molecule has 0 aliphatic carbocycles. The molecule has 106 valence electrons. The zero-order valence-electron chi connectivity index (χ0n) is 12.4. The summed E-state index contributed by atoms with van der Waals surface area (Å²) in [6.45, 7) is 9.01. The first kappa shape index (κ1) is 15.5. The van der Waals surface area contributed by atoms with E-state index < -0.39 is 0 Å². The summed E-state index contributed by atoms with van der Waals surface area (Å²) >= 11 is 0. The summed E-state index contributed by atoms with van der Waals surface area (Å²) in [6.07, 6.45) is 2.89. The van der Waals surface area contributed by atoms with Crippen LogP contribution in [0.2, 0.25) is 0 Å². The van der Waals surface area contributed by atoms with E-state index in [9.17, 15) is 4.79 Å². The van der Waals surface area contributed by atoms with E-state index in [0.29, 0.717) is 5.56 Å². The zero-order valence-corrected chi connectivity index (χ0v) is 12.4. The molecular weight excluding hydrogens is 238 g/mol. The molecule has 0 bridgehead atoms. The molecular formula is C15H25N3O.